The predicted molar refractivity (Wildman–Crippen MR) is 92.9 cm³/mol. The van der Waals surface area contributed by atoms with Crippen LogP contribution in [0.5, 0.6) is 0 Å². The lowest BCUT2D eigenvalue weighted by Gasteiger charge is -2.31. The molecule has 21 heavy (non-hydrogen) atoms. The van der Waals surface area contributed by atoms with Crippen molar-refractivity contribution in [1.29, 1.82) is 0 Å². The highest BCUT2D eigenvalue weighted by Gasteiger charge is 2.32. The third kappa shape index (κ3) is 2.48. The summed E-state index contributed by atoms with van der Waals surface area (Å²) >= 11 is 5.27. The van der Waals surface area contributed by atoms with Crippen molar-refractivity contribution >= 4 is 33.9 Å². The molecule has 0 aliphatic carbocycles. The van der Waals surface area contributed by atoms with Crippen LogP contribution in [0, 0.1) is 0 Å². The van der Waals surface area contributed by atoms with E-state index in [-0.39, 0.29) is 0 Å². The molecule has 1 saturated heterocycles. The van der Waals surface area contributed by atoms with Crippen LogP contribution in [0.25, 0.3) is 10.9 Å². The van der Waals surface area contributed by atoms with Gasteiger partial charge in [-0.05, 0) is 38.3 Å². The normalized spacial score (nSPS) is 21.9. The van der Waals surface area contributed by atoms with Crippen molar-refractivity contribution in [2.24, 2.45) is 5.73 Å². The maximum absolute atomic E-state index is 5.97. The van der Waals surface area contributed by atoms with Gasteiger partial charge < -0.3 is 10.6 Å². The first kappa shape index (κ1) is 14.3. The van der Waals surface area contributed by atoms with E-state index in [1.54, 1.807) is 0 Å². The first-order valence-electron chi connectivity index (χ1n) is 7.59. The molecule has 2 heterocycles. The van der Waals surface area contributed by atoms with Gasteiger partial charge in [0.25, 0.3) is 0 Å². The predicted octanol–water partition coefficient (Wildman–Crippen LogP) is 3.64. The fourth-order valence-electron chi connectivity index (χ4n) is 3.34. The minimum absolute atomic E-state index is 0.428. The van der Waals surface area contributed by atoms with Gasteiger partial charge in [0, 0.05) is 17.5 Å². The molecule has 110 valence electrons. The van der Waals surface area contributed by atoms with E-state index < -0.39 is 0 Å². The second-order valence-electron chi connectivity index (χ2n) is 5.81. The molecule has 3 nitrogen and oxygen atoms in total. The Balaban J connectivity index is 2.19. The number of hydrogen-bond donors (Lipinski definition) is 1. The fraction of sp³-hybridized carbons (Fsp3) is 0.412. The molecule has 0 radical (unpaired) electrons. The lowest BCUT2D eigenvalue weighted by atomic mass is 10.1. The number of fused-ring (bicyclic) bond motifs is 1. The Labute approximate surface area is 131 Å². The maximum atomic E-state index is 5.97. The zero-order valence-corrected chi connectivity index (χ0v) is 13.4. The molecular formula is C17H21N3S. The number of anilines is 1. The number of rotatable bonds is 3. The molecule has 4 heteroatoms. The second-order valence-corrected chi connectivity index (χ2v) is 6.25. The van der Waals surface area contributed by atoms with Crippen LogP contribution in [0.2, 0.25) is 0 Å². The van der Waals surface area contributed by atoms with Crippen LogP contribution >= 0.6 is 12.2 Å². The number of pyridine rings is 1. The Morgan fingerprint density at radius 3 is 2.86 bits per heavy atom. The molecule has 0 saturated carbocycles. The Morgan fingerprint density at radius 2 is 2.14 bits per heavy atom. The second kappa shape index (κ2) is 5.60. The van der Waals surface area contributed by atoms with Crippen molar-refractivity contribution in [3.63, 3.8) is 0 Å². The Hall–Kier alpha value is -1.68. The highest BCUT2D eigenvalue weighted by atomic mass is 32.1. The van der Waals surface area contributed by atoms with E-state index in [1.807, 2.05) is 18.2 Å². The van der Waals surface area contributed by atoms with E-state index in [9.17, 15) is 0 Å². The summed E-state index contributed by atoms with van der Waals surface area (Å²) in [5, 5.41) is 1.09. The van der Waals surface area contributed by atoms with Crippen molar-refractivity contribution in [3.8, 4) is 0 Å². The topological polar surface area (TPSA) is 42.2 Å². The van der Waals surface area contributed by atoms with Gasteiger partial charge in [-0.15, -0.1) is 0 Å². The molecule has 1 aliphatic heterocycles. The smallest absolute Gasteiger partial charge is 0.140 e. The molecule has 1 aromatic carbocycles. The van der Waals surface area contributed by atoms with Gasteiger partial charge in [0.2, 0.25) is 0 Å². The molecule has 0 amide bonds. The van der Waals surface area contributed by atoms with Gasteiger partial charge >= 0.3 is 0 Å². The molecular weight excluding hydrogens is 278 g/mol. The molecule has 3 rings (SSSR count). The van der Waals surface area contributed by atoms with Crippen LogP contribution in [0.4, 0.5) is 5.82 Å². The summed E-state index contributed by atoms with van der Waals surface area (Å²) in [6, 6.07) is 11.2. The summed E-state index contributed by atoms with van der Waals surface area (Å²) in [6.07, 6.45) is 3.53. The molecule has 1 fully saturated rings. The minimum Gasteiger partial charge on any atom is -0.389 e. The van der Waals surface area contributed by atoms with Gasteiger partial charge in [0.1, 0.15) is 10.8 Å². The molecule has 0 spiro atoms. The van der Waals surface area contributed by atoms with Crippen molar-refractivity contribution < 1.29 is 0 Å². The van der Waals surface area contributed by atoms with E-state index >= 15 is 0 Å². The molecule has 0 bridgehead atoms. The largest absolute Gasteiger partial charge is 0.389 e. The zero-order chi connectivity index (χ0) is 15.0. The Bertz CT molecular complexity index is 683. The summed E-state index contributed by atoms with van der Waals surface area (Å²) in [5.74, 6) is 0.957. The molecule has 2 aromatic rings. The standard InChI is InChI=1S/C17H21N3S/c1-3-13-9-8-11(2)20(13)17-14(16(18)21)10-12-6-4-5-7-15(12)19-17/h4-7,10-11,13H,3,8-9H2,1-2H3,(H2,18,21). The SMILES string of the molecule is CCC1CCC(C)N1c1nc2ccccc2cc1C(N)=S. The summed E-state index contributed by atoms with van der Waals surface area (Å²) in [5.41, 5.74) is 7.87. The van der Waals surface area contributed by atoms with Crippen LogP contribution < -0.4 is 10.6 Å². The van der Waals surface area contributed by atoms with Gasteiger partial charge in [-0.1, -0.05) is 37.3 Å². The molecule has 2 N–H and O–H groups in total. The van der Waals surface area contributed by atoms with Crippen molar-refractivity contribution in [2.45, 2.75) is 45.2 Å². The van der Waals surface area contributed by atoms with E-state index in [0.717, 1.165) is 28.7 Å². The number of hydrogen-bond acceptors (Lipinski definition) is 3. The number of benzene rings is 1. The first-order valence-corrected chi connectivity index (χ1v) is 8.00. The van der Waals surface area contributed by atoms with E-state index in [2.05, 4.69) is 30.9 Å². The van der Waals surface area contributed by atoms with Gasteiger partial charge in [-0.2, -0.15) is 0 Å². The van der Waals surface area contributed by atoms with Crippen molar-refractivity contribution in [3.05, 3.63) is 35.9 Å². The first-order chi connectivity index (χ1) is 10.1. The van der Waals surface area contributed by atoms with E-state index in [1.165, 1.54) is 12.8 Å². The van der Waals surface area contributed by atoms with E-state index in [0.29, 0.717) is 17.1 Å². The molecule has 1 aliphatic rings. The van der Waals surface area contributed by atoms with Crippen LogP contribution in [-0.2, 0) is 0 Å². The molecule has 2 unspecified atom stereocenters. The maximum Gasteiger partial charge on any atom is 0.140 e. The lowest BCUT2D eigenvalue weighted by Crippen LogP contribution is -2.36. The average Bonchev–Trinajstić information content (AvgIpc) is 2.86. The summed E-state index contributed by atoms with van der Waals surface area (Å²) in [6.45, 7) is 4.49. The quantitative estimate of drug-likeness (QED) is 0.879. The number of thiocarbonyl (C=S) groups is 1. The fourth-order valence-corrected chi connectivity index (χ4v) is 3.49. The highest BCUT2D eigenvalue weighted by molar-refractivity contribution is 7.80. The van der Waals surface area contributed by atoms with Gasteiger partial charge in [-0.3, -0.25) is 0 Å². The molecule has 1 aromatic heterocycles. The van der Waals surface area contributed by atoms with Crippen LogP contribution in [0.1, 0.15) is 38.7 Å². The Kier molecular flexibility index (Phi) is 3.81. The van der Waals surface area contributed by atoms with Crippen LogP contribution in [0.15, 0.2) is 30.3 Å². The number of aromatic nitrogens is 1. The van der Waals surface area contributed by atoms with Crippen molar-refractivity contribution in [2.75, 3.05) is 4.90 Å². The number of nitrogens with two attached hydrogens (primary N) is 1. The lowest BCUT2D eigenvalue weighted by molar-refractivity contribution is 0.622. The van der Waals surface area contributed by atoms with Crippen LogP contribution in [0.3, 0.4) is 0 Å². The Morgan fingerprint density at radius 1 is 1.38 bits per heavy atom. The van der Waals surface area contributed by atoms with Gasteiger partial charge in [-0.25, -0.2) is 4.98 Å². The third-order valence-corrected chi connectivity index (χ3v) is 4.69. The monoisotopic (exact) mass is 299 g/mol. The molecule has 2 atom stereocenters. The third-order valence-electron chi connectivity index (χ3n) is 4.47. The summed E-state index contributed by atoms with van der Waals surface area (Å²) in [4.78, 5) is 7.73. The van der Waals surface area contributed by atoms with Gasteiger partial charge in [0.05, 0.1) is 11.1 Å². The summed E-state index contributed by atoms with van der Waals surface area (Å²) in [7, 11) is 0. The van der Waals surface area contributed by atoms with Gasteiger partial charge in [0.15, 0.2) is 0 Å². The zero-order valence-electron chi connectivity index (χ0n) is 12.5. The minimum atomic E-state index is 0.428. The number of para-hydroxylation sites is 1. The van der Waals surface area contributed by atoms with E-state index in [4.69, 9.17) is 22.9 Å². The average molecular weight is 299 g/mol. The number of nitrogens with zero attached hydrogens (tertiary/aromatic N) is 2. The van der Waals surface area contributed by atoms with Crippen LogP contribution in [-0.4, -0.2) is 22.1 Å². The highest BCUT2D eigenvalue weighted by Crippen LogP contribution is 2.34. The van der Waals surface area contributed by atoms with Crippen molar-refractivity contribution in [1.82, 2.24) is 4.98 Å². The summed E-state index contributed by atoms with van der Waals surface area (Å²) < 4.78 is 0.